The molecule has 0 saturated heterocycles. The number of hydrogen-bond donors (Lipinski definition) is 1. The van der Waals surface area contributed by atoms with Crippen molar-refractivity contribution in [1.29, 1.82) is 0 Å². The zero-order valence-corrected chi connectivity index (χ0v) is 7.95. The Bertz CT molecular complexity index is 210. The molecule has 2 unspecified atom stereocenters. The first-order valence-electron chi connectivity index (χ1n) is 4.92. The first-order chi connectivity index (χ1) is 6.16. The number of carbonyl (C=O) groups is 2. The van der Waals surface area contributed by atoms with Gasteiger partial charge in [0.2, 0.25) is 0 Å². The third-order valence-corrected chi connectivity index (χ3v) is 2.55. The summed E-state index contributed by atoms with van der Waals surface area (Å²) in [5.74, 6) is -1.18. The molecule has 74 valence electrons. The van der Waals surface area contributed by atoms with E-state index in [1.54, 1.807) is 0 Å². The third-order valence-electron chi connectivity index (χ3n) is 2.55. The molecule has 0 radical (unpaired) electrons. The smallest absolute Gasteiger partial charge is 0.307 e. The molecule has 0 aromatic carbocycles. The third kappa shape index (κ3) is 2.83. The molecular weight excluding hydrogens is 168 g/mol. The van der Waals surface area contributed by atoms with E-state index in [2.05, 4.69) is 6.92 Å². The predicted octanol–water partition coefficient (Wildman–Crippen LogP) is 1.86. The molecule has 1 saturated carbocycles. The molecule has 1 aliphatic rings. The highest BCUT2D eigenvalue weighted by atomic mass is 16.4. The molecular formula is C10H16O3. The molecule has 0 aliphatic heterocycles. The van der Waals surface area contributed by atoms with Gasteiger partial charge in [-0.3, -0.25) is 9.59 Å². The van der Waals surface area contributed by atoms with Gasteiger partial charge in [-0.2, -0.15) is 0 Å². The van der Waals surface area contributed by atoms with E-state index in [0.717, 1.165) is 19.3 Å². The summed E-state index contributed by atoms with van der Waals surface area (Å²) in [6, 6.07) is 0. The van der Waals surface area contributed by atoms with Crippen LogP contribution in [-0.2, 0) is 9.59 Å². The van der Waals surface area contributed by atoms with Gasteiger partial charge in [-0.05, 0) is 12.8 Å². The van der Waals surface area contributed by atoms with E-state index < -0.39 is 5.97 Å². The van der Waals surface area contributed by atoms with Crippen LogP contribution in [0.4, 0.5) is 0 Å². The lowest BCUT2D eigenvalue weighted by Crippen LogP contribution is -2.07. The molecule has 0 amide bonds. The van der Waals surface area contributed by atoms with Crippen molar-refractivity contribution in [2.45, 2.75) is 39.0 Å². The SMILES string of the molecule is CCCCCC(=O)C1CC1C(=O)O. The number of Topliss-reactive ketones (excluding diaryl/α,β-unsaturated/α-hetero) is 1. The second kappa shape index (κ2) is 4.40. The van der Waals surface area contributed by atoms with Crippen molar-refractivity contribution in [3.63, 3.8) is 0 Å². The fourth-order valence-electron chi connectivity index (χ4n) is 1.56. The summed E-state index contributed by atoms with van der Waals surface area (Å²) in [5, 5.41) is 8.59. The molecule has 1 aliphatic carbocycles. The number of aliphatic carboxylic acids is 1. The zero-order chi connectivity index (χ0) is 9.84. The molecule has 0 aromatic rings. The molecule has 0 spiro atoms. The Morgan fingerprint density at radius 2 is 2.00 bits per heavy atom. The molecule has 3 nitrogen and oxygen atoms in total. The van der Waals surface area contributed by atoms with Gasteiger partial charge in [0.1, 0.15) is 5.78 Å². The van der Waals surface area contributed by atoms with Crippen LogP contribution < -0.4 is 0 Å². The van der Waals surface area contributed by atoms with Crippen LogP contribution in [0, 0.1) is 11.8 Å². The molecule has 0 aromatic heterocycles. The summed E-state index contributed by atoms with van der Waals surface area (Å²) in [7, 11) is 0. The summed E-state index contributed by atoms with van der Waals surface area (Å²) in [6.45, 7) is 2.08. The lowest BCUT2D eigenvalue weighted by atomic mass is 10.1. The Kier molecular flexibility index (Phi) is 3.46. The van der Waals surface area contributed by atoms with Gasteiger partial charge in [-0.1, -0.05) is 19.8 Å². The minimum Gasteiger partial charge on any atom is -0.481 e. The van der Waals surface area contributed by atoms with Crippen LogP contribution in [0.25, 0.3) is 0 Å². The van der Waals surface area contributed by atoms with Gasteiger partial charge in [0, 0.05) is 12.3 Å². The summed E-state index contributed by atoms with van der Waals surface area (Å²) in [5.41, 5.74) is 0. The maximum absolute atomic E-state index is 11.3. The first-order valence-corrected chi connectivity index (χ1v) is 4.92. The minimum absolute atomic E-state index is 0.154. The van der Waals surface area contributed by atoms with Crippen molar-refractivity contribution in [2.75, 3.05) is 0 Å². The summed E-state index contributed by atoms with van der Waals surface area (Å²) in [4.78, 5) is 21.8. The number of ketones is 1. The van der Waals surface area contributed by atoms with Crippen molar-refractivity contribution in [3.8, 4) is 0 Å². The maximum atomic E-state index is 11.3. The van der Waals surface area contributed by atoms with Crippen LogP contribution >= 0.6 is 0 Å². The molecule has 0 bridgehead atoms. The lowest BCUT2D eigenvalue weighted by molar-refractivity contribution is -0.140. The minimum atomic E-state index is -0.811. The normalized spacial score (nSPS) is 25.6. The summed E-state index contributed by atoms with van der Waals surface area (Å²) < 4.78 is 0. The van der Waals surface area contributed by atoms with Crippen LogP contribution in [0.3, 0.4) is 0 Å². The standard InChI is InChI=1S/C10H16O3/c1-2-3-4-5-9(11)7-6-8(7)10(12)13/h7-8H,2-6H2,1H3,(H,12,13). The van der Waals surface area contributed by atoms with Crippen LogP contribution in [0.5, 0.6) is 0 Å². The van der Waals surface area contributed by atoms with Gasteiger partial charge in [-0.15, -0.1) is 0 Å². The Morgan fingerprint density at radius 1 is 1.31 bits per heavy atom. The topological polar surface area (TPSA) is 54.4 Å². The predicted molar refractivity (Wildman–Crippen MR) is 48.4 cm³/mol. The van der Waals surface area contributed by atoms with E-state index in [1.165, 1.54) is 0 Å². The van der Waals surface area contributed by atoms with E-state index in [9.17, 15) is 9.59 Å². The fourth-order valence-corrected chi connectivity index (χ4v) is 1.56. The Hall–Kier alpha value is -0.860. The average molecular weight is 184 g/mol. The van der Waals surface area contributed by atoms with Crippen molar-refractivity contribution in [1.82, 2.24) is 0 Å². The van der Waals surface area contributed by atoms with Crippen molar-refractivity contribution in [2.24, 2.45) is 11.8 Å². The number of carboxylic acids is 1. The summed E-state index contributed by atoms with van der Waals surface area (Å²) >= 11 is 0. The van der Waals surface area contributed by atoms with E-state index in [0.29, 0.717) is 12.8 Å². The van der Waals surface area contributed by atoms with Gasteiger partial charge in [0.15, 0.2) is 0 Å². The van der Waals surface area contributed by atoms with E-state index >= 15 is 0 Å². The molecule has 3 heteroatoms. The lowest BCUT2D eigenvalue weighted by Gasteiger charge is -1.97. The maximum Gasteiger partial charge on any atom is 0.307 e. The van der Waals surface area contributed by atoms with Gasteiger partial charge >= 0.3 is 5.97 Å². The van der Waals surface area contributed by atoms with Crippen LogP contribution in [0.2, 0.25) is 0 Å². The van der Waals surface area contributed by atoms with Gasteiger partial charge in [0.25, 0.3) is 0 Å². The van der Waals surface area contributed by atoms with Crippen LogP contribution in [0.15, 0.2) is 0 Å². The van der Waals surface area contributed by atoms with E-state index in [4.69, 9.17) is 5.11 Å². The Morgan fingerprint density at radius 3 is 2.46 bits per heavy atom. The molecule has 0 heterocycles. The van der Waals surface area contributed by atoms with Crippen molar-refractivity contribution >= 4 is 11.8 Å². The Labute approximate surface area is 78.1 Å². The van der Waals surface area contributed by atoms with E-state index in [-0.39, 0.29) is 17.6 Å². The average Bonchev–Trinajstić information content (AvgIpc) is 2.83. The van der Waals surface area contributed by atoms with Gasteiger partial charge in [0.05, 0.1) is 5.92 Å². The summed E-state index contributed by atoms with van der Waals surface area (Å²) in [6.07, 6.45) is 4.22. The number of carbonyl (C=O) groups excluding carboxylic acids is 1. The number of carboxylic acid groups (broad SMARTS) is 1. The second-order valence-corrected chi connectivity index (χ2v) is 3.71. The zero-order valence-electron chi connectivity index (χ0n) is 7.95. The molecule has 13 heavy (non-hydrogen) atoms. The highest BCUT2D eigenvalue weighted by molar-refractivity contribution is 5.90. The number of rotatable bonds is 6. The molecule has 2 atom stereocenters. The van der Waals surface area contributed by atoms with Crippen molar-refractivity contribution < 1.29 is 14.7 Å². The molecule has 1 fully saturated rings. The molecule has 1 rings (SSSR count). The number of hydrogen-bond acceptors (Lipinski definition) is 2. The number of unbranched alkanes of at least 4 members (excludes halogenated alkanes) is 2. The second-order valence-electron chi connectivity index (χ2n) is 3.71. The monoisotopic (exact) mass is 184 g/mol. The highest BCUT2D eigenvalue weighted by Gasteiger charge is 2.47. The van der Waals surface area contributed by atoms with Crippen molar-refractivity contribution in [3.05, 3.63) is 0 Å². The highest BCUT2D eigenvalue weighted by Crippen LogP contribution is 2.40. The van der Waals surface area contributed by atoms with Crippen LogP contribution in [-0.4, -0.2) is 16.9 Å². The van der Waals surface area contributed by atoms with Gasteiger partial charge < -0.3 is 5.11 Å². The van der Waals surface area contributed by atoms with Gasteiger partial charge in [-0.25, -0.2) is 0 Å². The quantitative estimate of drug-likeness (QED) is 0.641. The van der Waals surface area contributed by atoms with E-state index in [1.807, 2.05) is 0 Å². The largest absolute Gasteiger partial charge is 0.481 e. The van der Waals surface area contributed by atoms with Crippen LogP contribution in [0.1, 0.15) is 39.0 Å². The molecule has 1 N–H and O–H groups in total. The Balaban J connectivity index is 2.16. The first kappa shape index (κ1) is 10.2. The fraction of sp³-hybridized carbons (Fsp3) is 0.800.